The second kappa shape index (κ2) is 9.00. The smallest absolute Gasteiger partial charge is 0.344 e. The Morgan fingerprint density at radius 1 is 1.20 bits per heavy atom. The Labute approximate surface area is 177 Å². The van der Waals surface area contributed by atoms with Crippen molar-refractivity contribution < 1.29 is 14.3 Å². The molecule has 0 fully saturated rings. The largest absolute Gasteiger partial charge is 0.455 e. The van der Waals surface area contributed by atoms with Crippen molar-refractivity contribution >= 4 is 28.9 Å². The summed E-state index contributed by atoms with van der Waals surface area (Å²) < 4.78 is 6.40. The maximum Gasteiger partial charge on any atom is 0.344 e. The van der Waals surface area contributed by atoms with Crippen molar-refractivity contribution in [2.45, 2.75) is 33.8 Å². The Hall–Kier alpha value is -3.33. The number of para-hydroxylation sites is 1. The molecule has 8 nitrogen and oxygen atoms in total. The lowest BCUT2D eigenvalue weighted by molar-refractivity contribution is -0.115. The van der Waals surface area contributed by atoms with Gasteiger partial charge in [-0.3, -0.25) is 9.59 Å². The van der Waals surface area contributed by atoms with Crippen LogP contribution in [0.25, 0.3) is 0 Å². The lowest BCUT2D eigenvalue weighted by Gasteiger charge is -2.09. The third kappa shape index (κ3) is 4.80. The van der Waals surface area contributed by atoms with Crippen molar-refractivity contribution in [3.63, 3.8) is 0 Å². The maximum atomic E-state index is 12.4. The van der Waals surface area contributed by atoms with Gasteiger partial charge in [-0.1, -0.05) is 18.2 Å². The summed E-state index contributed by atoms with van der Waals surface area (Å²) in [5, 5.41) is 9.25. The Morgan fingerprint density at radius 3 is 2.67 bits per heavy atom. The fourth-order valence-corrected chi connectivity index (χ4v) is 3.62. The first kappa shape index (κ1) is 21.4. The van der Waals surface area contributed by atoms with Crippen LogP contribution >= 0.6 is 11.3 Å². The maximum absolute atomic E-state index is 12.4. The molecule has 1 N–H and O–H groups in total. The van der Waals surface area contributed by atoms with Crippen LogP contribution < -0.4 is 10.9 Å². The number of hydrogen-bond acceptors (Lipinski definition) is 7. The second-order valence-corrected chi connectivity index (χ2v) is 7.81. The number of benzene rings is 1. The van der Waals surface area contributed by atoms with Crippen LogP contribution in [0.2, 0.25) is 0 Å². The molecule has 9 heteroatoms. The molecule has 1 aromatic carbocycles. The predicted molar refractivity (Wildman–Crippen MR) is 114 cm³/mol. The minimum Gasteiger partial charge on any atom is -0.455 e. The fourth-order valence-electron chi connectivity index (χ4n) is 2.84. The van der Waals surface area contributed by atoms with Gasteiger partial charge in [-0.05, 0) is 38.0 Å². The van der Waals surface area contributed by atoms with E-state index in [2.05, 4.69) is 15.4 Å². The normalized spacial score (nSPS) is 10.7. The molecule has 3 rings (SSSR count). The Kier molecular flexibility index (Phi) is 6.41. The standard InChI is InChI=1S/C21H22N4O4S/c1-12-7-5-6-8-16(12)23-17(26)9-18-22-15(11-30-18)10-29-21(28)19-13(2)14(3)24-25(4)20(19)27/h5-8,11H,9-10H2,1-4H3,(H,23,26). The molecule has 0 aliphatic rings. The van der Waals surface area contributed by atoms with Crippen LogP contribution in [0.3, 0.4) is 0 Å². The number of nitrogens with one attached hydrogen (secondary N) is 1. The van der Waals surface area contributed by atoms with E-state index in [0.717, 1.165) is 15.9 Å². The van der Waals surface area contributed by atoms with E-state index in [0.29, 0.717) is 22.0 Å². The first-order valence-corrected chi connectivity index (χ1v) is 10.1. The van der Waals surface area contributed by atoms with Crippen LogP contribution in [-0.2, 0) is 29.6 Å². The minimum absolute atomic E-state index is 0.0296. The molecule has 0 aliphatic carbocycles. The first-order chi connectivity index (χ1) is 14.3. The summed E-state index contributed by atoms with van der Waals surface area (Å²) in [7, 11) is 1.49. The molecule has 2 heterocycles. The summed E-state index contributed by atoms with van der Waals surface area (Å²) in [6.07, 6.45) is 0.121. The number of esters is 1. The molecule has 0 spiro atoms. The van der Waals surface area contributed by atoms with E-state index >= 15 is 0 Å². The summed E-state index contributed by atoms with van der Waals surface area (Å²) in [6, 6.07) is 7.53. The van der Waals surface area contributed by atoms with E-state index in [1.165, 1.54) is 18.4 Å². The van der Waals surface area contributed by atoms with E-state index < -0.39 is 11.5 Å². The zero-order valence-corrected chi connectivity index (χ0v) is 18.0. The van der Waals surface area contributed by atoms with Gasteiger partial charge in [0.25, 0.3) is 5.56 Å². The fraction of sp³-hybridized carbons (Fsp3) is 0.286. The van der Waals surface area contributed by atoms with Crippen molar-refractivity contribution in [2.24, 2.45) is 7.05 Å². The van der Waals surface area contributed by atoms with Gasteiger partial charge in [0.05, 0.1) is 17.8 Å². The molecule has 0 radical (unpaired) electrons. The topological polar surface area (TPSA) is 103 Å². The molecule has 0 saturated carbocycles. The highest BCUT2D eigenvalue weighted by Crippen LogP contribution is 2.16. The summed E-state index contributed by atoms with van der Waals surface area (Å²) >= 11 is 1.31. The quantitative estimate of drug-likeness (QED) is 0.608. The van der Waals surface area contributed by atoms with Crippen molar-refractivity contribution in [1.29, 1.82) is 0 Å². The first-order valence-electron chi connectivity index (χ1n) is 9.26. The summed E-state index contributed by atoms with van der Waals surface area (Å²) in [5.41, 5.74) is 2.80. The minimum atomic E-state index is -0.717. The number of thiazole rings is 1. The molecule has 3 aromatic rings. The number of aryl methyl sites for hydroxylation is 3. The third-order valence-electron chi connectivity index (χ3n) is 4.61. The molecule has 0 unspecified atom stereocenters. The Balaban J connectivity index is 1.61. The van der Waals surface area contributed by atoms with Crippen LogP contribution in [0, 0.1) is 20.8 Å². The highest BCUT2D eigenvalue weighted by atomic mass is 32.1. The predicted octanol–water partition coefficient (Wildman–Crippen LogP) is 2.70. The van der Waals surface area contributed by atoms with E-state index in [1.54, 1.807) is 19.2 Å². The summed E-state index contributed by atoms with van der Waals surface area (Å²) in [4.78, 5) is 41.3. The number of nitrogens with zero attached hydrogens (tertiary/aromatic N) is 3. The van der Waals surface area contributed by atoms with Gasteiger partial charge in [0.15, 0.2) is 0 Å². The number of amides is 1. The zero-order valence-electron chi connectivity index (χ0n) is 17.2. The van der Waals surface area contributed by atoms with Gasteiger partial charge in [0.2, 0.25) is 5.91 Å². The number of carbonyl (C=O) groups excluding carboxylic acids is 2. The second-order valence-electron chi connectivity index (χ2n) is 6.86. The lowest BCUT2D eigenvalue weighted by atomic mass is 10.1. The van der Waals surface area contributed by atoms with Gasteiger partial charge in [-0.15, -0.1) is 11.3 Å². The molecule has 0 aliphatic heterocycles. The van der Waals surface area contributed by atoms with Gasteiger partial charge in [-0.2, -0.15) is 5.10 Å². The van der Waals surface area contributed by atoms with Crippen molar-refractivity contribution in [1.82, 2.24) is 14.8 Å². The number of carbonyl (C=O) groups is 2. The average molecular weight is 426 g/mol. The van der Waals surface area contributed by atoms with Gasteiger partial charge in [-0.25, -0.2) is 14.5 Å². The van der Waals surface area contributed by atoms with Gasteiger partial charge < -0.3 is 10.1 Å². The molecule has 30 heavy (non-hydrogen) atoms. The molecule has 2 aromatic heterocycles. The lowest BCUT2D eigenvalue weighted by Crippen LogP contribution is -2.29. The number of aromatic nitrogens is 3. The molecular weight excluding hydrogens is 404 g/mol. The number of rotatable bonds is 6. The van der Waals surface area contributed by atoms with E-state index in [-0.39, 0.29) is 24.5 Å². The summed E-state index contributed by atoms with van der Waals surface area (Å²) in [5.74, 6) is -0.890. The van der Waals surface area contributed by atoms with Crippen molar-refractivity contribution in [3.05, 3.63) is 73.1 Å². The summed E-state index contributed by atoms with van der Waals surface area (Å²) in [6.45, 7) is 5.22. The van der Waals surface area contributed by atoms with Crippen LogP contribution in [0.15, 0.2) is 34.4 Å². The monoisotopic (exact) mass is 426 g/mol. The van der Waals surface area contributed by atoms with E-state index in [9.17, 15) is 14.4 Å². The van der Waals surface area contributed by atoms with Gasteiger partial charge in [0, 0.05) is 18.1 Å². The molecule has 0 saturated heterocycles. The van der Waals surface area contributed by atoms with Crippen LogP contribution in [0.1, 0.15) is 37.9 Å². The zero-order chi connectivity index (χ0) is 21.8. The van der Waals surface area contributed by atoms with E-state index in [1.807, 2.05) is 31.2 Å². The molecule has 156 valence electrons. The number of ether oxygens (including phenoxy) is 1. The Morgan fingerprint density at radius 2 is 1.93 bits per heavy atom. The molecular formula is C21H22N4O4S. The average Bonchev–Trinajstić information content (AvgIpc) is 3.14. The third-order valence-corrected chi connectivity index (χ3v) is 5.51. The highest BCUT2D eigenvalue weighted by Gasteiger charge is 2.20. The number of hydrogen-bond donors (Lipinski definition) is 1. The van der Waals surface area contributed by atoms with E-state index in [4.69, 9.17) is 4.74 Å². The van der Waals surface area contributed by atoms with Crippen LogP contribution in [0.4, 0.5) is 5.69 Å². The van der Waals surface area contributed by atoms with Crippen molar-refractivity contribution in [2.75, 3.05) is 5.32 Å². The SMILES string of the molecule is Cc1ccccc1NC(=O)Cc1nc(COC(=O)c2c(C)c(C)nn(C)c2=O)cs1. The Bertz CT molecular complexity index is 1170. The van der Waals surface area contributed by atoms with Gasteiger partial charge in [0.1, 0.15) is 17.2 Å². The van der Waals surface area contributed by atoms with Crippen molar-refractivity contribution in [3.8, 4) is 0 Å². The number of anilines is 1. The van der Waals surface area contributed by atoms with Crippen LogP contribution in [-0.4, -0.2) is 26.6 Å². The van der Waals surface area contributed by atoms with Crippen LogP contribution in [0.5, 0.6) is 0 Å². The van der Waals surface area contributed by atoms with Gasteiger partial charge >= 0.3 is 5.97 Å². The highest BCUT2D eigenvalue weighted by molar-refractivity contribution is 7.09. The molecule has 0 atom stereocenters. The molecule has 0 bridgehead atoms. The molecule has 1 amide bonds.